The van der Waals surface area contributed by atoms with Gasteiger partial charge in [-0.3, -0.25) is 9.59 Å². The highest BCUT2D eigenvalue weighted by atomic mass is 35.5. The van der Waals surface area contributed by atoms with Crippen LogP contribution in [-0.4, -0.2) is 17.6 Å². The van der Waals surface area contributed by atoms with Crippen molar-refractivity contribution in [1.29, 1.82) is 0 Å². The lowest BCUT2D eigenvalue weighted by Crippen LogP contribution is -2.07. The van der Waals surface area contributed by atoms with Crippen molar-refractivity contribution < 1.29 is 14.3 Å². The molecule has 0 aliphatic heterocycles. The fraction of sp³-hybridized carbons (Fsp3) is 0.222. The molecular formula is C18H17ClO3. The van der Waals surface area contributed by atoms with E-state index >= 15 is 0 Å². The number of hydrogen-bond donors (Lipinski definition) is 0. The standard InChI is InChI=1S/C18H17ClO3/c1-2-3-12-22-14-10-8-13(9-11-14)17(20)15-6-4-5-7-16(15)18(19)21/h4-11H,2-3,12H2,1H3. The summed E-state index contributed by atoms with van der Waals surface area (Å²) in [6.07, 6.45) is 2.06. The topological polar surface area (TPSA) is 43.4 Å². The van der Waals surface area contributed by atoms with Crippen LogP contribution in [0.3, 0.4) is 0 Å². The number of hydrogen-bond acceptors (Lipinski definition) is 3. The van der Waals surface area contributed by atoms with Gasteiger partial charge in [0.1, 0.15) is 5.75 Å². The number of carbonyl (C=O) groups is 2. The Morgan fingerprint density at radius 1 is 1.00 bits per heavy atom. The van der Waals surface area contributed by atoms with E-state index in [9.17, 15) is 9.59 Å². The largest absolute Gasteiger partial charge is 0.494 e. The van der Waals surface area contributed by atoms with Crippen molar-refractivity contribution in [3.05, 3.63) is 65.2 Å². The third-order valence-electron chi connectivity index (χ3n) is 3.27. The Labute approximate surface area is 134 Å². The summed E-state index contributed by atoms with van der Waals surface area (Å²) in [7, 11) is 0. The Morgan fingerprint density at radius 3 is 2.23 bits per heavy atom. The minimum absolute atomic E-state index is 0.220. The van der Waals surface area contributed by atoms with E-state index < -0.39 is 5.24 Å². The van der Waals surface area contributed by atoms with Gasteiger partial charge in [-0.15, -0.1) is 0 Å². The highest BCUT2D eigenvalue weighted by molar-refractivity contribution is 6.68. The highest BCUT2D eigenvalue weighted by Crippen LogP contribution is 2.19. The first-order chi connectivity index (χ1) is 10.6. The van der Waals surface area contributed by atoms with Crippen molar-refractivity contribution in [2.45, 2.75) is 19.8 Å². The Morgan fingerprint density at radius 2 is 1.64 bits per heavy atom. The Balaban J connectivity index is 2.18. The molecule has 22 heavy (non-hydrogen) atoms. The molecule has 0 amide bonds. The lowest BCUT2D eigenvalue weighted by molar-refractivity contribution is 0.102. The van der Waals surface area contributed by atoms with Crippen LogP contribution in [0.25, 0.3) is 0 Å². The molecule has 114 valence electrons. The molecule has 0 bridgehead atoms. The molecule has 4 heteroatoms. The first-order valence-corrected chi connectivity index (χ1v) is 7.57. The third kappa shape index (κ3) is 3.95. The Kier molecular flexibility index (Phi) is 5.73. The zero-order chi connectivity index (χ0) is 15.9. The summed E-state index contributed by atoms with van der Waals surface area (Å²) in [4.78, 5) is 23.9. The van der Waals surface area contributed by atoms with E-state index in [4.69, 9.17) is 16.3 Å². The number of benzene rings is 2. The van der Waals surface area contributed by atoms with Crippen molar-refractivity contribution in [2.24, 2.45) is 0 Å². The number of unbranched alkanes of at least 4 members (excludes halogenated alkanes) is 1. The molecule has 0 fully saturated rings. The van der Waals surface area contributed by atoms with E-state index in [-0.39, 0.29) is 11.3 Å². The van der Waals surface area contributed by atoms with E-state index in [0.717, 1.165) is 18.6 Å². The normalized spacial score (nSPS) is 10.3. The van der Waals surface area contributed by atoms with Gasteiger partial charge in [0.15, 0.2) is 5.78 Å². The fourth-order valence-corrected chi connectivity index (χ4v) is 2.21. The average molecular weight is 317 g/mol. The number of carbonyl (C=O) groups excluding carboxylic acids is 2. The first kappa shape index (κ1) is 16.2. The second-order valence-electron chi connectivity index (χ2n) is 4.87. The second-order valence-corrected chi connectivity index (χ2v) is 5.22. The van der Waals surface area contributed by atoms with E-state index in [1.54, 1.807) is 48.5 Å². The van der Waals surface area contributed by atoms with E-state index in [0.29, 0.717) is 17.7 Å². The van der Waals surface area contributed by atoms with Crippen LogP contribution in [0.4, 0.5) is 0 Å². The summed E-state index contributed by atoms with van der Waals surface area (Å²) in [6, 6.07) is 13.4. The van der Waals surface area contributed by atoms with Crippen molar-refractivity contribution in [3.8, 4) is 5.75 Å². The van der Waals surface area contributed by atoms with Crippen LogP contribution in [0.15, 0.2) is 48.5 Å². The molecule has 0 saturated carbocycles. The molecule has 0 N–H and O–H groups in total. The maximum absolute atomic E-state index is 12.5. The quantitative estimate of drug-likeness (QED) is 0.430. The third-order valence-corrected chi connectivity index (χ3v) is 3.47. The van der Waals surface area contributed by atoms with Crippen LogP contribution in [0.5, 0.6) is 5.75 Å². The summed E-state index contributed by atoms with van der Waals surface area (Å²) in [6.45, 7) is 2.76. The molecule has 0 unspecified atom stereocenters. The zero-order valence-corrected chi connectivity index (χ0v) is 13.1. The summed E-state index contributed by atoms with van der Waals surface area (Å²) in [5.74, 6) is 0.497. The summed E-state index contributed by atoms with van der Waals surface area (Å²) < 4.78 is 5.56. The van der Waals surface area contributed by atoms with Crippen molar-refractivity contribution in [2.75, 3.05) is 6.61 Å². The lowest BCUT2D eigenvalue weighted by atomic mass is 9.99. The molecule has 0 aromatic heterocycles. The molecule has 0 heterocycles. The van der Waals surface area contributed by atoms with Crippen molar-refractivity contribution >= 4 is 22.6 Å². The van der Waals surface area contributed by atoms with Gasteiger partial charge in [-0.2, -0.15) is 0 Å². The Hall–Kier alpha value is -2.13. The Bertz CT molecular complexity index is 662. The predicted molar refractivity (Wildman–Crippen MR) is 86.9 cm³/mol. The SMILES string of the molecule is CCCCOc1ccc(C(=O)c2ccccc2C(=O)Cl)cc1. The van der Waals surface area contributed by atoms with Gasteiger partial charge in [0.2, 0.25) is 0 Å². The highest BCUT2D eigenvalue weighted by Gasteiger charge is 2.16. The van der Waals surface area contributed by atoms with Gasteiger partial charge in [-0.05, 0) is 48.4 Å². The van der Waals surface area contributed by atoms with Crippen LogP contribution in [0.2, 0.25) is 0 Å². The molecule has 0 aliphatic rings. The number of halogens is 1. The fourth-order valence-electron chi connectivity index (χ4n) is 2.04. The van der Waals surface area contributed by atoms with Crippen LogP contribution in [0.1, 0.15) is 46.0 Å². The maximum atomic E-state index is 12.5. The van der Waals surface area contributed by atoms with Crippen LogP contribution >= 0.6 is 11.6 Å². The van der Waals surface area contributed by atoms with Gasteiger partial charge in [0.05, 0.1) is 6.61 Å². The number of rotatable bonds is 7. The molecule has 0 radical (unpaired) electrons. The van der Waals surface area contributed by atoms with Gasteiger partial charge in [0, 0.05) is 16.7 Å². The minimum Gasteiger partial charge on any atom is -0.494 e. The zero-order valence-electron chi connectivity index (χ0n) is 12.3. The van der Waals surface area contributed by atoms with Gasteiger partial charge in [-0.1, -0.05) is 31.5 Å². The van der Waals surface area contributed by atoms with Gasteiger partial charge >= 0.3 is 0 Å². The average Bonchev–Trinajstić information content (AvgIpc) is 2.55. The summed E-state index contributed by atoms with van der Waals surface area (Å²) >= 11 is 5.52. The lowest BCUT2D eigenvalue weighted by Gasteiger charge is -2.07. The first-order valence-electron chi connectivity index (χ1n) is 7.20. The van der Waals surface area contributed by atoms with Crippen molar-refractivity contribution in [3.63, 3.8) is 0 Å². The number of ether oxygens (including phenoxy) is 1. The van der Waals surface area contributed by atoms with E-state index in [1.165, 1.54) is 0 Å². The van der Waals surface area contributed by atoms with Gasteiger partial charge in [0.25, 0.3) is 5.24 Å². The molecule has 2 aromatic rings. The monoisotopic (exact) mass is 316 g/mol. The van der Waals surface area contributed by atoms with E-state index in [2.05, 4.69) is 6.92 Å². The van der Waals surface area contributed by atoms with Gasteiger partial charge in [-0.25, -0.2) is 0 Å². The number of ketones is 1. The van der Waals surface area contributed by atoms with Crippen LogP contribution < -0.4 is 4.74 Å². The smallest absolute Gasteiger partial charge is 0.253 e. The summed E-state index contributed by atoms with van der Waals surface area (Å²) in [5.41, 5.74) is 1.02. The van der Waals surface area contributed by atoms with Crippen LogP contribution in [-0.2, 0) is 0 Å². The molecule has 0 aliphatic carbocycles. The minimum atomic E-state index is -0.636. The molecule has 2 rings (SSSR count). The van der Waals surface area contributed by atoms with E-state index in [1.807, 2.05) is 0 Å². The van der Waals surface area contributed by atoms with Crippen LogP contribution in [0, 0.1) is 0 Å². The molecule has 3 nitrogen and oxygen atoms in total. The molecule has 2 aromatic carbocycles. The molecular weight excluding hydrogens is 300 g/mol. The molecule has 0 atom stereocenters. The summed E-state index contributed by atoms with van der Waals surface area (Å²) in [5, 5.41) is -0.636. The van der Waals surface area contributed by atoms with Gasteiger partial charge < -0.3 is 4.74 Å². The van der Waals surface area contributed by atoms with Crippen molar-refractivity contribution in [1.82, 2.24) is 0 Å². The predicted octanol–water partition coefficient (Wildman–Crippen LogP) is 4.48. The maximum Gasteiger partial charge on any atom is 0.253 e. The molecule has 0 spiro atoms. The molecule has 0 saturated heterocycles. The second kappa shape index (κ2) is 7.76.